The van der Waals surface area contributed by atoms with Crippen LogP contribution in [0.4, 0.5) is 17.8 Å². The Kier molecular flexibility index (Phi) is 4.94. The van der Waals surface area contributed by atoms with Crippen LogP contribution in [0.15, 0.2) is 0 Å². The van der Waals surface area contributed by atoms with E-state index >= 15 is 0 Å². The van der Waals surface area contributed by atoms with Crippen LogP contribution in [-0.2, 0) is 0 Å². The number of rotatable bonds is 6. The lowest BCUT2D eigenvalue weighted by Crippen LogP contribution is -2.28. The summed E-state index contributed by atoms with van der Waals surface area (Å²) in [5.74, 6) is 7.67. The van der Waals surface area contributed by atoms with Gasteiger partial charge in [-0.25, -0.2) is 5.84 Å². The Morgan fingerprint density at radius 1 is 1.15 bits per heavy atom. The van der Waals surface area contributed by atoms with E-state index < -0.39 is 0 Å². The third kappa shape index (κ3) is 3.47. The molecule has 1 atom stereocenters. The predicted octanol–water partition coefficient (Wildman–Crippen LogP) is 1.60. The first kappa shape index (κ1) is 14.8. The molecule has 2 rings (SSSR count). The summed E-state index contributed by atoms with van der Waals surface area (Å²) >= 11 is 0. The molecule has 0 spiro atoms. The van der Waals surface area contributed by atoms with Gasteiger partial charge in [-0.15, -0.1) is 0 Å². The smallest absolute Gasteiger partial charge is 0.243 e. The Bertz CT molecular complexity index is 429. The fourth-order valence-corrected chi connectivity index (χ4v) is 2.46. The topological polar surface area (TPSA) is 92.0 Å². The molecule has 1 saturated heterocycles. The molecule has 4 N–H and O–H groups in total. The summed E-state index contributed by atoms with van der Waals surface area (Å²) in [4.78, 5) is 15.3. The monoisotopic (exact) mass is 279 g/mol. The Hall–Kier alpha value is -1.63. The number of nitrogens with zero attached hydrogens (tertiary/aromatic N) is 4. The summed E-state index contributed by atoms with van der Waals surface area (Å²) in [6.07, 6.45) is 3.39. The quantitative estimate of drug-likeness (QED) is 0.538. The lowest BCUT2D eigenvalue weighted by Gasteiger charge is -2.22. The normalized spacial score (nSPS) is 16.6. The van der Waals surface area contributed by atoms with Crippen LogP contribution in [0.5, 0.6) is 0 Å². The highest BCUT2D eigenvalue weighted by Gasteiger charge is 2.19. The minimum atomic E-state index is 0.342. The zero-order chi connectivity index (χ0) is 14.5. The molecule has 112 valence electrons. The molecule has 0 aliphatic carbocycles. The van der Waals surface area contributed by atoms with Crippen molar-refractivity contribution in [2.45, 2.75) is 46.1 Å². The zero-order valence-electron chi connectivity index (χ0n) is 12.6. The fraction of sp³-hybridized carbons (Fsp3) is 0.769. The third-order valence-corrected chi connectivity index (χ3v) is 3.70. The van der Waals surface area contributed by atoms with Gasteiger partial charge in [0.1, 0.15) is 0 Å². The number of aromatic nitrogens is 3. The molecule has 0 bridgehead atoms. The van der Waals surface area contributed by atoms with E-state index in [1.165, 1.54) is 12.8 Å². The van der Waals surface area contributed by atoms with Crippen molar-refractivity contribution in [1.29, 1.82) is 0 Å². The average molecular weight is 279 g/mol. The maximum absolute atomic E-state index is 5.46. The molecule has 7 nitrogen and oxygen atoms in total. The Morgan fingerprint density at radius 2 is 1.80 bits per heavy atom. The van der Waals surface area contributed by atoms with Crippen molar-refractivity contribution in [3.63, 3.8) is 0 Å². The largest absolute Gasteiger partial charge is 0.351 e. The van der Waals surface area contributed by atoms with Gasteiger partial charge >= 0.3 is 0 Å². The van der Waals surface area contributed by atoms with Crippen LogP contribution in [0.1, 0.15) is 40.0 Å². The molecular formula is C13H25N7. The highest BCUT2D eigenvalue weighted by Crippen LogP contribution is 2.19. The first-order chi connectivity index (χ1) is 9.63. The van der Waals surface area contributed by atoms with Gasteiger partial charge in [-0.2, -0.15) is 15.0 Å². The molecule has 1 aliphatic rings. The molecule has 7 heteroatoms. The molecule has 1 fully saturated rings. The zero-order valence-corrected chi connectivity index (χ0v) is 12.6. The third-order valence-electron chi connectivity index (χ3n) is 3.70. The predicted molar refractivity (Wildman–Crippen MR) is 81.6 cm³/mol. The summed E-state index contributed by atoms with van der Waals surface area (Å²) < 4.78 is 0. The van der Waals surface area contributed by atoms with Gasteiger partial charge in [0, 0.05) is 19.1 Å². The minimum Gasteiger partial charge on any atom is -0.351 e. The van der Waals surface area contributed by atoms with E-state index in [0.717, 1.165) is 19.5 Å². The van der Waals surface area contributed by atoms with Crippen LogP contribution in [0.2, 0.25) is 0 Å². The minimum absolute atomic E-state index is 0.342. The second-order valence-electron chi connectivity index (χ2n) is 5.52. The van der Waals surface area contributed by atoms with Gasteiger partial charge in [-0.05, 0) is 25.2 Å². The van der Waals surface area contributed by atoms with Crippen molar-refractivity contribution in [2.75, 3.05) is 28.7 Å². The van der Waals surface area contributed by atoms with Crippen LogP contribution in [0.25, 0.3) is 0 Å². The second-order valence-corrected chi connectivity index (χ2v) is 5.52. The number of anilines is 3. The van der Waals surface area contributed by atoms with Gasteiger partial charge in [-0.3, -0.25) is 5.43 Å². The van der Waals surface area contributed by atoms with Crippen molar-refractivity contribution in [3.05, 3.63) is 0 Å². The van der Waals surface area contributed by atoms with Gasteiger partial charge in [0.25, 0.3) is 0 Å². The number of hydrazine groups is 1. The first-order valence-electron chi connectivity index (χ1n) is 7.38. The molecule has 20 heavy (non-hydrogen) atoms. The first-order valence-corrected chi connectivity index (χ1v) is 7.38. The Morgan fingerprint density at radius 3 is 2.35 bits per heavy atom. The second kappa shape index (κ2) is 6.69. The number of nitrogen functional groups attached to an aromatic ring is 1. The van der Waals surface area contributed by atoms with Gasteiger partial charge in [-0.1, -0.05) is 20.8 Å². The van der Waals surface area contributed by atoms with E-state index in [0.29, 0.717) is 29.8 Å². The maximum Gasteiger partial charge on any atom is 0.243 e. The molecule has 2 heterocycles. The van der Waals surface area contributed by atoms with Crippen molar-refractivity contribution in [3.8, 4) is 0 Å². The number of hydrogen-bond donors (Lipinski definition) is 3. The van der Waals surface area contributed by atoms with Crippen molar-refractivity contribution < 1.29 is 0 Å². The maximum atomic E-state index is 5.46. The lowest BCUT2D eigenvalue weighted by molar-refractivity contribution is 0.508. The Balaban J connectivity index is 2.20. The standard InChI is InChI=1S/C13H25N7/c1-4-10(9(2)3)15-11-16-12(19-14)18-13(17-11)20-7-5-6-8-20/h9-10H,4-8,14H2,1-3H3,(H2,15,16,17,18,19). The molecule has 0 amide bonds. The van der Waals surface area contributed by atoms with Crippen LogP contribution in [-0.4, -0.2) is 34.1 Å². The molecule has 0 radical (unpaired) electrons. The van der Waals surface area contributed by atoms with E-state index in [1.807, 2.05) is 0 Å². The molecule has 1 aromatic heterocycles. The van der Waals surface area contributed by atoms with E-state index in [2.05, 4.69) is 51.4 Å². The molecule has 1 unspecified atom stereocenters. The highest BCUT2D eigenvalue weighted by atomic mass is 15.4. The van der Waals surface area contributed by atoms with Crippen LogP contribution in [0, 0.1) is 5.92 Å². The van der Waals surface area contributed by atoms with Gasteiger partial charge in [0.2, 0.25) is 17.8 Å². The lowest BCUT2D eigenvalue weighted by atomic mass is 10.0. The van der Waals surface area contributed by atoms with E-state index in [1.54, 1.807) is 0 Å². The van der Waals surface area contributed by atoms with E-state index in [9.17, 15) is 0 Å². The molecule has 1 aliphatic heterocycles. The van der Waals surface area contributed by atoms with E-state index in [-0.39, 0.29) is 0 Å². The van der Waals surface area contributed by atoms with Gasteiger partial charge in [0.05, 0.1) is 0 Å². The van der Waals surface area contributed by atoms with E-state index in [4.69, 9.17) is 5.84 Å². The summed E-state index contributed by atoms with van der Waals surface area (Å²) in [5, 5.41) is 3.38. The van der Waals surface area contributed by atoms with Crippen LogP contribution < -0.4 is 21.5 Å². The molecule has 0 saturated carbocycles. The highest BCUT2D eigenvalue weighted by molar-refractivity contribution is 5.44. The van der Waals surface area contributed by atoms with Crippen LogP contribution in [0.3, 0.4) is 0 Å². The van der Waals surface area contributed by atoms with Gasteiger partial charge in [0.15, 0.2) is 0 Å². The summed E-state index contributed by atoms with van der Waals surface area (Å²) in [7, 11) is 0. The Labute approximate surface area is 120 Å². The molecule has 1 aromatic rings. The van der Waals surface area contributed by atoms with Crippen molar-refractivity contribution in [1.82, 2.24) is 15.0 Å². The summed E-state index contributed by atoms with van der Waals surface area (Å²) in [6, 6.07) is 0.342. The SMILES string of the molecule is CCC(Nc1nc(NN)nc(N2CCCC2)n1)C(C)C. The van der Waals surface area contributed by atoms with Crippen molar-refractivity contribution in [2.24, 2.45) is 11.8 Å². The fourth-order valence-electron chi connectivity index (χ4n) is 2.46. The summed E-state index contributed by atoms with van der Waals surface area (Å²) in [6.45, 7) is 8.52. The van der Waals surface area contributed by atoms with Crippen molar-refractivity contribution >= 4 is 17.8 Å². The number of nitrogens with two attached hydrogens (primary N) is 1. The number of nitrogens with one attached hydrogen (secondary N) is 2. The summed E-state index contributed by atoms with van der Waals surface area (Å²) in [5.41, 5.74) is 2.52. The van der Waals surface area contributed by atoms with Gasteiger partial charge < -0.3 is 10.2 Å². The number of hydrogen-bond acceptors (Lipinski definition) is 7. The molecule has 0 aromatic carbocycles. The van der Waals surface area contributed by atoms with Crippen LogP contribution >= 0.6 is 0 Å². The average Bonchev–Trinajstić information content (AvgIpc) is 2.98. The molecular weight excluding hydrogens is 254 g/mol.